The summed E-state index contributed by atoms with van der Waals surface area (Å²) in [6, 6.07) is 64.5. The van der Waals surface area contributed by atoms with Crippen molar-refractivity contribution in [3.05, 3.63) is 235 Å². The quantitative estimate of drug-likeness (QED) is 0.121. The Bertz CT molecular complexity index is 2830. The maximum Gasteiger partial charge on any atom is 3.00 e. The average Bonchev–Trinajstić information content (AvgIpc) is 4.10. The van der Waals surface area contributed by atoms with Gasteiger partial charge in [0.1, 0.15) is 0 Å². The van der Waals surface area contributed by atoms with Crippen LogP contribution < -0.4 is 0 Å². The number of aromatic nitrogens is 6. The minimum absolute atomic E-state index is 0. The summed E-state index contributed by atoms with van der Waals surface area (Å²) < 4.78 is 18.6. The summed E-state index contributed by atoms with van der Waals surface area (Å²) in [4.78, 5) is 4.52. The maximum atomic E-state index is 12.8. The van der Waals surface area contributed by atoms with Gasteiger partial charge < -0.3 is 4.57 Å². The second-order valence-electron chi connectivity index (χ2n) is 15.0. The number of benzene rings is 7. The van der Waals surface area contributed by atoms with Gasteiger partial charge in [-0.05, 0) is 58.6 Å². The maximum absolute atomic E-state index is 12.8. The Kier molecular flexibility index (Phi) is 13.2. The zero-order valence-corrected chi connectivity index (χ0v) is 36.5. The number of para-hydroxylation sites is 2. The third-order valence-corrected chi connectivity index (χ3v) is 10.8. The van der Waals surface area contributed by atoms with E-state index >= 15 is 0 Å². The first-order valence-corrected chi connectivity index (χ1v) is 20.4. The van der Waals surface area contributed by atoms with Crippen molar-refractivity contribution in [3.63, 3.8) is 0 Å². The number of nitrogens with zero attached hydrogens (tertiary/aromatic N) is 6. The standard InChI is InChI=1S/C40H32N4.C14H10FN2.Ir/c1-3-10-35(11-4-1)37-27-41-43(29-37)39-22-18-31(19-23-39)14-16-33-8-7-9-34(26-33)17-15-32-20-24-40(25-21-32)44-30-38(28-42-44)36-12-5-2-6-13-36;1-17-13-5-3-2-4-12(13)16-14(17)10-6-8-11(15)9-7-10;/h1-13,18-22,24,26-30H,14-17H2;2-6,8-9H,1H3;/q-2;-1;+3. The molecule has 0 fully saturated rings. The van der Waals surface area contributed by atoms with Crippen molar-refractivity contribution >= 4 is 11.0 Å². The Morgan fingerprint density at radius 2 is 1.03 bits per heavy atom. The van der Waals surface area contributed by atoms with Crippen LogP contribution >= 0.6 is 0 Å². The van der Waals surface area contributed by atoms with Crippen LogP contribution in [0.4, 0.5) is 4.39 Å². The summed E-state index contributed by atoms with van der Waals surface area (Å²) in [5, 5.41) is 9.09. The summed E-state index contributed by atoms with van der Waals surface area (Å²) in [5.74, 6) is 0.513. The third kappa shape index (κ3) is 9.96. The summed E-state index contributed by atoms with van der Waals surface area (Å²) in [5.41, 5.74) is 14.5. The summed E-state index contributed by atoms with van der Waals surface area (Å²) >= 11 is 0. The van der Waals surface area contributed by atoms with Crippen LogP contribution in [0, 0.1) is 24.0 Å². The van der Waals surface area contributed by atoms with Gasteiger partial charge in [-0.25, -0.2) is 0 Å². The number of aryl methyl sites for hydroxylation is 5. The molecule has 0 saturated heterocycles. The minimum Gasteiger partial charge on any atom is -0.367 e. The number of imidazole rings is 1. The number of rotatable bonds is 11. The van der Waals surface area contributed by atoms with Crippen molar-refractivity contribution in [2.45, 2.75) is 25.7 Å². The van der Waals surface area contributed by atoms with Gasteiger partial charge >= 0.3 is 20.1 Å². The van der Waals surface area contributed by atoms with Crippen LogP contribution in [0.15, 0.2) is 189 Å². The van der Waals surface area contributed by atoms with E-state index in [1.165, 1.54) is 34.4 Å². The van der Waals surface area contributed by atoms with E-state index in [1.54, 1.807) is 6.07 Å². The van der Waals surface area contributed by atoms with Crippen molar-refractivity contribution in [1.29, 1.82) is 0 Å². The molecule has 0 atom stereocenters. The predicted octanol–water partition coefficient (Wildman–Crippen LogP) is 11.7. The first kappa shape index (κ1) is 41.7. The molecule has 0 bridgehead atoms. The summed E-state index contributed by atoms with van der Waals surface area (Å²) in [6.45, 7) is 0. The van der Waals surface area contributed by atoms with Crippen LogP contribution in [0.25, 0.3) is 56.0 Å². The second kappa shape index (κ2) is 19.6. The fraction of sp³-hybridized carbons (Fsp3) is 0.0926. The van der Waals surface area contributed by atoms with Gasteiger partial charge in [0, 0.05) is 36.4 Å². The third-order valence-electron chi connectivity index (χ3n) is 10.8. The Balaban J connectivity index is 0.000000245. The van der Waals surface area contributed by atoms with E-state index < -0.39 is 0 Å². The zero-order chi connectivity index (χ0) is 41.4. The molecule has 0 aliphatic rings. The number of hydrogen-bond acceptors (Lipinski definition) is 3. The number of hydrogen-bond donors (Lipinski definition) is 0. The second-order valence-corrected chi connectivity index (χ2v) is 15.0. The normalized spacial score (nSPS) is 10.9. The van der Waals surface area contributed by atoms with Crippen molar-refractivity contribution in [3.8, 4) is 45.0 Å². The summed E-state index contributed by atoms with van der Waals surface area (Å²) in [7, 11) is 1.95. The van der Waals surface area contributed by atoms with Crippen LogP contribution in [0.5, 0.6) is 0 Å². The fourth-order valence-corrected chi connectivity index (χ4v) is 7.41. The Labute approximate surface area is 375 Å². The molecule has 0 spiro atoms. The number of fused-ring (bicyclic) bond motifs is 1. The molecule has 7 aromatic carbocycles. The van der Waals surface area contributed by atoms with Crippen LogP contribution in [0.3, 0.4) is 0 Å². The van der Waals surface area contributed by atoms with Crippen molar-refractivity contribution in [1.82, 2.24) is 29.1 Å². The van der Waals surface area contributed by atoms with Crippen LogP contribution in [-0.2, 0) is 52.8 Å². The van der Waals surface area contributed by atoms with Crippen molar-refractivity contribution < 1.29 is 24.5 Å². The molecule has 0 radical (unpaired) electrons. The molecule has 6 nitrogen and oxygen atoms in total. The molecule has 304 valence electrons. The molecule has 0 saturated carbocycles. The van der Waals surface area contributed by atoms with Crippen molar-refractivity contribution in [2.75, 3.05) is 0 Å². The molecule has 0 aliphatic carbocycles. The zero-order valence-electron chi connectivity index (χ0n) is 34.1. The molecule has 10 aromatic rings. The van der Waals surface area contributed by atoms with Gasteiger partial charge in [0.05, 0.1) is 29.3 Å². The first-order valence-electron chi connectivity index (χ1n) is 20.4. The van der Waals surface area contributed by atoms with Gasteiger partial charge in [0.2, 0.25) is 0 Å². The SMILES string of the molecule is Cn1c(-c2[c-]cc(F)cc2)nc2ccccc21.[Ir+3].[c-]1cc(CCc2cccc(CCc3c[c-]c(-n4cc(-c5ccccc5)cn4)cc3)c2)ccc1-n1cc(-c2ccccc2)cn1. The largest absolute Gasteiger partial charge is 3.00 e. The smallest absolute Gasteiger partial charge is 0.367 e. The summed E-state index contributed by atoms with van der Waals surface area (Å²) in [6.07, 6.45) is 11.9. The molecule has 0 amide bonds. The molecule has 0 unspecified atom stereocenters. The molecular weight excluding hydrogens is 944 g/mol. The average molecular weight is 986 g/mol. The molecule has 10 rings (SSSR count). The van der Waals surface area contributed by atoms with Crippen molar-refractivity contribution in [2.24, 2.45) is 7.05 Å². The molecule has 3 heterocycles. The minimum atomic E-state index is -0.285. The molecule has 8 heteroatoms. The molecule has 3 aromatic heterocycles. The molecule has 0 aliphatic heterocycles. The fourth-order valence-electron chi connectivity index (χ4n) is 7.41. The van der Waals surface area contributed by atoms with Crippen LogP contribution in [-0.4, -0.2) is 29.1 Å². The Morgan fingerprint density at radius 1 is 0.500 bits per heavy atom. The van der Waals surface area contributed by atoms with E-state index in [0.717, 1.165) is 81.7 Å². The molecule has 0 N–H and O–H groups in total. The van der Waals surface area contributed by atoms with Gasteiger partial charge in [-0.2, -0.15) is 57.7 Å². The van der Waals surface area contributed by atoms with Gasteiger partial charge in [-0.1, -0.05) is 110 Å². The van der Waals surface area contributed by atoms with Gasteiger partial charge in [-0.3, -0.25) is 18.7 Å². The number of halogens is 1. The first-order chi connectivity index (χ1) is 30.0. The monoisotopic (exact) mass is 986 g/mol. The van der Waals surface area contributed by atoms with Crippen LogP contribution in [0.2, 0.25) is 0 Å². The van der Waals surface area contributed by atoms with E-state index in [4.69, 9.17) is 0 Å². The van der Waals surface area contributed by atoms with E-state index in [1.807, 2.05) is 94.0 Å². The van der Waals surface area contributed by atoms with E-state index in [-0.39, 0.29) is 25.9 Å². The Hall–Kier alpha value is -6.99. The van der Waals surface area contributed by atoms with E-state index in [0.29, 0.717) is 0 Å². The van der Waals surface area contributed by atoms with E-state index in [9.17, 15) is 4.39 Å². The van der Waals surface area contributed by atoms with Gasteiger partial charge in [0.15, 0.2) is 0 Å². The van der Waals surface area contributed by atoms with Gasteiger partial charge in [0.25, 0.3) is 0 Å². The predicted molar refractivity (Wildman–Crippen MR) is 242 cm³/mol. The topological polar surface area (TPSA) is 53.5 Å². The molecule has 62 heavy (non-hydrogen) atoms. The van der Waals surface area contributed by atoms with E-state index in [2.05, 4.69) is 131 Å². The Morgan fingerprint density at radius 3 is 1.53 bits per heavy atom. The molecular formula is C54H42FIrN6. The van der Waals surface area contributed by atoms with Gasteiger partial charge in [-0.15, -0.1) is 42.0 Å². The van der Waals surface area contributed by atoms with Crippen LogP contribution in [0.1, 0.15) is 22.3 Å².